The summed E-state index contributed by atoms with van der Waals surface area (Å²) < 4.78 is 0. The van der Waals surface area contributed by atoms with Gasteiger partial charge in [-0.05, 0) is 42.9 Å². The van der Waals surface area contributed by atoms with Gasteiger partial charge in [-0.15, -0.1) is 24.8 Å². The fraction of sp³-hybridized carbons (Fsp3) is 0.462. The third-order valence-electron chi connectivity index (χ3n) is 6.48. The first-order valence-corrected chi connectivity index (χ1v) is 11.1. The largest absolute Gasteiger partial charge is 0.366 e. The fourth-order valence-electron chi connectivity index (χ4n) is 4.97. The standard InChI is InChI=1S/C26H34N2.2ClH/c1-22-21-27(18-10-13-23-11-4-2-5-12-23)19-20-28(22)26-17-9-8-16-25(26)24-14-6-3-7-15-24;;/h2,4-5,8-13,16-17,22,24H,3,6-7,14-15,18-21H2,1H3;2*1H. The molecule has 2 fully saturated rings. The molecule has 0 spiro atoms. The fourth-order valence-corrected chi connectivity index (χ4v) is 4.97. The van der Waals surface area contributed by atoms with Gasteiger partial charge in [0.2, 0.25) is 0 Å². The predicted molar refractivity (Wildman–Crippen MR) is 135 cm³/mol. The van der Waals surface area contributed by atoms with Gasteiger partial charge in [0.1, 0.15) is 0 Å². The smallest absolute Gasteiger partial charge is 0.0404 e. The van der Waals surface area contributed by atoms with E-state index in [0.29, 0.717) is 6.04 Å². The van der Waals surface area contributed by atoms with E-state index >= 15 is 0 Å². The minimum atomic E-state index is 0. The van der Waals surface area contributed by atoms with Gasteiger partial charge in [-0.1, -0.05) is 79.9 Å². The van der Waals surface area contributed by atoms with Crippen LogP contribution in [0.4, 0.5) is 5.69 Å². The van der Waals surface area contributed by atoms with Crippen molar-refractivity contribution in [1.82, 2.24) is 4.90 Å². The Labute approximate surface area is 195 Å². The lowest BCUT2D eigenvalue weighted by atomic mass is 9.83. The second-order valence-corrected chi connectivity index (χ2v) is 8.51. The van der Waals surface area contributed by atoms with Crippen LogP contribution < -0.4 is 4.90 Å². The van der Waals surface area contributed by atoms with Crippen LogP contribution >= 0.6 is 24.8 Å². The van der Waals surface area contributed by atoms with E-state index in [4.69, 9.17) is 0 Å². The molecule has 4 rings (SSSR count). The molecule has 0 N–H and O–H groups in total. The molecule has 1 aliphatic carbocycles. The molecule has 0 aromatic heterocycles. The van der Waals surface area contributed by atoms with Gasteiger partial charge in [0, 0.05) is 37.9 Å². The summed E-state index contributed by atoms with van der Waals surface area (Å²) in [6.45, 7) is 6.84. The molecule has 0 radical (unpaired) electrons. The Kier molecular flexibility index (Phi) is 10.2. The summed E-state index contributed by atoms with van der Waals surface area (Å²) in [4.78, 5) is 5.26. The van der Waals surface area contributed by atoms with Gasteiger partial charge in [-0.25, -0.2) is 0 Å². The molecule has 0 bridgehead atoms. The van der Waals surface area contributed by atoms with Crippen LogP contribution in [0.15, 0.2) is 60.7 Å². The summed E-state index contributed by atoms with van der Waals surface area (Å²) in [5, 5.41) is 0. The van der Waals surface area contributed by atoms with Crippen LogP contribution in [0.25, 0.3) is 6.08 Å². The maximum atomic E-state index is 2.67. The monoisotopic (exact) mass is 446 g/mol. The molecule has 1 saturated carbocycles. The molecule has 164 valence electrons. The van der Waals surface area contributed by atoms with Gasteiger partial charge in [-0.3, -0.25) is 4.90 Å². The quantitative estimate of drug-likeness (QED) is 0.497. The van der Waals surface area contributed by atoms with Gasteiger partial charge in [0.25, 0.3) is 0 Å². The van der Waals surface area contributed by atoms with Gasteiger partial charge in [0.15, 0.2) is 0 Å². The second-order valence-electron chi connectivity index (χ2n) is 8.51. The normalized spacial score (nSPS) is 20.6. The summed E-state index contributed by atoms with van der Waals surface area (Å²) in [6.07, 6.45) is 11.5. The Morgan fingerprint density at radius 3 is 2.30 bits per heavy atom. The van der Waals surface area contributed by atoms with Crippen molar-refractivity contribution in [1.29, 1.82) is 0 Å². The lowest BCUT2D eigenvalue weighted by molar-refractivity contribution is 0.251. The molecule has 1 heterocycles. The number of nitrogens with zero attached hydrogens (tertiary/aromatic N) is 2. The van der Waals surface area contributed by atoms with E-state index in [1.807, 2.05) is 0 Å². The molecule has 2 aliphatic rings. The summed E-state index contributed by atoms with van der Waals surface area (Å²) in [5.41, 5.74) is 4.39. The van der Waals surface area contributed by atoms with E-state index in [2.05, 4.69) is 83.5 Å². The van der Waals surface area contributed by atoms with Gasteiger partial charge >= 0.3 is 0 Å². The van der Waals surface area contributed by atoms with E-state index in [1.165, 1.54) is 43.4 Å². The Bertz CT molecular complexity index is 772. The summed E-state index contributed by atoms with van der Waals surface area (Å²) in [7, 11) is 0. The molecule has 30 heavy (non-hydrogen) atoms. The molecule has 1 saturated heterocycles. The number of benzene rings is 2. The van der Waals surface area contributed by atoms with E-state index in [1.54, 1.807) is 5.56 Å². The third-order valence-corrected chi connectivity index (χ3v) is 6.48. The van der Waals surface area contributed by atoms with Crippen LogP contribution in [0.3, 0.4) is 0 Å². The van der Waals surface area contributed by atoms with Crippen LogP contribution in [0.1, 0.15) is 56.1 Å². The number of hydrogen-bond donors (Lipinski definition) is 0. The SMILES string of the molecule is CC1CN(CC=Cc2ccccc2)CCN1c1ccccc1C1CCCCC1.Cl.Cl. The van der Waals surface area contributed by atoms with E-state index in [0.717, 1.165) is 32.1 Å². The van der Waals surface area contributed by atoms with Crippen molar-refractivity contribution in [2.45, 2.75) is 51.0 Å². The highest BCUT2D eigenvalue weighted by atomic mass is 35.5. The van der Waals surface area contributed by atoms with Crippen LogP contribution in [-0.2, 0) is 0 Å². The van der Waals surface area contributed by atoms with Crippen molar-refractivity contribution in [3.8, 4) is 0 Å². The molecule has 1 aliphatic heterocycles. The number of piperazine rings is 1. The highest BCUT2D eigenvalue weighted by Gasteiger charge is 2.27. The van der Waals surface area contributed by atoms with Gasteiger partial charge < -0.3 is 4.90 Å². The molecular formula is C26H36Cl2N2. The van der Waals surface area contributed by atoms with E-state index in [-0.39, 0.29) is 24.8 Å². The van der Waals surface area contributed by atoms with Crippen molar-refractivity contribution < 1.29 is 0 Å². The average molecular weight is 447 g/mol. The van der Waals surface area contributed by atoms with Crippen LogP contribution in [0, 0.1) is 0 Å². The topological polar surface area (TPSA) is 6.48 Å². The van der Waals surface area contributed by atoms with Gasteiger partial charge in [-0.2, -0.15) is 0 Å². The Balaban J connectivity index is 0.00000160. The zero-order valence-electron chi connectivity index (χ0n) is 18.1. The van der Waals surface area contributed by atoms with Crippen LogP contribution in [0.5, 0.6) is 0 Å². The number of para-hydroxylation sites is 1. The Morgan fingerprint density at radius 2 is 1.57 bits per heavy atom. The minimum absolute atomic E-state index is 0. The molecule has 4 heteroatoms. The first-order chi connectivity index (χ1) is 13.8. The number of hydrogen-bond acceptors (Lipinski definition) is 2. The lowest BCUT2D eigenvalue weighted by Gasteiger charge is -2.42. The molecule has 0 amide bonds. The molecule has 1 unspecified atom stereocenters. The molecule has 2 aromatic carbocycles. The maximum Gasteiger partial charge on any atom is 0.0404 e. The number of rotatable bonds is 5. The first-order valence-electron chi connectivity index (χ1n) is 11.1. The van der Waals surface area contributed by atoms with Crippen molar-refractivity contribution in [2.75, 3.05) is 31.1 Å². The molecular weight excluding hydrogens is 411 g/mol. The highest BCUT2D eigenvalue weighted by molar-refractivity contribution is 5.85. The Morgan fingerprint density at radius 1 is 0.867 bits per heavy atom. The molecule has 2 nitrogen and oxygen atoms in total. The summed E-state index contributed by atoms with van der Waals surface area (Å²) in [5.74, 6) is 0.768. The zero-order valence-corrected chi connectivity index (χ0v) is 19.7. The maximum absolute atomic E-state index is 2.67. The molecule has 1 atom stereocenters. The van der Waals surface area contributed by atoms with Crippen LogP contribution in [0.2, 0.25) is 0 Å². The summed E-state index contributed by atoms with van der Waals surface area (Å²) >= 11 is 0. The van der Waals surface area contributed by atoms with Crippen molar-refractivity contribution in [3.05, 3.63) is 71.8 Å². The first kappa shape index (κ1) is 24.8. The van der Waals surface area contributed by atoms with E-state index < -0.39 is 0 Å². The number of halogens is 2. The number of anilines is 1. The summed E-state index contributed by atoms with van der Waals surface area (Å²) in [6, 6.07) is 20.4. The van der Waals surface area contributed by atoms with E-state index in [9.17, 15) is 0 Å². The molecule has 2 aromatic rings. The predicted octanol–water partition coefficient (Wildman–Crippen LogP) is 6.80. The highest BCUT2D eigenvalue weighted by Crippen LogP contribution is 2.38. The van der Waals surface area contributed by atoms with Crippen molar-refractivity contribution >= 4 is 36.6 Å². The lowest BCUT2D eigenvalue weighted by Crippen LogP contribution is -2.52. The average Bonchev–Trinajstić information content (AvgIpc) is 2.75. The zero-order chi connectivity index (χ0) is 19.2. The second kappa shape index (κ2) is 12.4. The van der Waals surface area contributed by atoms with Crippen LogP contribution in [-0.4, -0.2) is 37.1 Å². The Hall–Kier alpha value is -1.48. The minimum Gasteiger partial charge on any atom is -0.366 e. The van der Waals surface area contributed by atoms with Crippen molar-refractivity contribution in [2.24, 2.45) is 0 Å². The van der Waals surface area contributed by atoms with Gasteiger partial charge in [0.05, 0.1) is 0 Å². The third kappa shape index (κ3) is 6.26. The van der Waals surface area contributed by atoms with Crippen molar-refractivity contribution in [3.63, 3.8) is 0 Å².